The predicted octanol–water partition coefficient (Wildman–Crippen LogP) is 4.53. The van der Waals surface area contributed by atoms with Crippen LogP contribution in [-0.4, -0.2) is 17.0 Å². The molecule has 0 bridgehead atoms. The summed E-state index contributed by atoms with van der Waals surface area (Å²) in [5, 5.41) is 6.29. The van der Waals surface area contributed by atoms with Crippen LogP contribution in [0.4, 0.5) is 5.82 Å². The third-order valence-electron chi connectivity index (χ3n) is 2.54. The Hall–Kier alpha value is -0.980. The second kappa shape index (κ2) is 4.60. The average Bonchev–Trinajstić information content (AvgIpc) is 2.92. The molecule has 0 atom stereocenters. The van der Waals surface area contributed by atoms with Crippen molar-refractivity contribution in [3.8, 4) is 10.7 Å². The van der Waals surface area contributed by atoms with Crippen LogP contribution in [0.3, 0.4) is 0 Å². The van der Waals surface area contributed by atoms with Gasteiger partial charge in [0.25, 0.3) is 0 Å². The number of aryl methyl sites for hydroxylation is 1. The summed E-state index contributed by atoms with van der Waals surface area (Å²) in [4.78, 5) is 12.6. The van der Waals surface area contributed by atoms with Gasteiger partial charge in [-0.25, -0.2) is 9.97 Å². The van der Waals surface area contributed by atoms with Crippen molar-refractivity contribution in [1.29, 1.82) is 0 Å². The van der Waals surface area contributed by atoms with Gasteiger partial charge in [0.15, 0.2) is 5.82 Å². The fourth-order valence-electron chi connectivity index (χ4n) is 1.77. The molecule has 3 aromatic rings. The first kappa shape index (κ1) is 12.1. The van der Waals surface area contributed by atoms with Crippen LogP contribution in [0.15, 0.2) is 22.0 Å². The topological polar surface area (TPSA) is 37.8 Å². The number of thiophene rings is 2. The van der Waals surface area contributed by atoms with Gasteiger partial charge < -0.3 is 5.32 Å². The summed E-state index contributed by atoms with van der Waals surface area (Å²) < 4.78 is 1.07. The van der Waals surface area contributed by atoms with Crippen molar-refractivity contribution in [2.45, 2.75) is 6.92 Å². The number of hydrogen-bond donors (Lipinski definition) is 1. The normalized spacial score (nSPS) is 11.1. The Labute approximate surface area is 121 Å². The molecule has 6 heteroatoms. The lowest BCUT2D eigenvalue weighted by molar-refractivity contribution is 1.23. The predicted molar refractivity (Wildman–Crippen MR) is 82.7 cm³/mol. The van der Waals surface area contributed by atoms with Gasteiger partial charge in [0.1, 0.15) is 10.6 Å². The molecule has 0 aromatic carbocycles. The summed E-state index contributed by atoms with van der Waals surface area (Å²) in [6.07, 6.45) is 0. The van der Waals surface area contributed by atoms with Gasteiger partial charge >= 0.3 is 0 Å². The van der Waals surface area contributed by atoms with E-state index in [4.69, 9.17) is 0 Å². The van der Waals surface area contributed by atoms with Crippen LogP contribution >= 0.6 is 38.6 Å². The van der Waals surface area contributed by atoms with E-state index in [0.717, 1.165) is 31.2 Å². The highest BCUT2D eigenvalue weighted by atomic mass is 79.9. The second-order valence-electron chi connectivity index (χ2n) is 3.85. The van der Waals surface area contributed by atoms with Crippen LogP contribution in [0.1, 0.15) is 4.88 Å². The molecule has 18 heavy (non-hydrogen) atoms. The molecule has 3 nitrogen and oxygen atoms in total. The Bertz CT molecular complexity index is 717. The Morgan fingerprint density at radius 1 is 1.28 bits per heavy atom. The van der Waals surface area contributed by atoms with Crippen LogP contribution in [0.5, 0.6) is 0 Å². The van der Waals surface area contributed by atoms with Crippen LogP contribution in [0.2, 0.25) is 0 Å². The highest BCUT2D eigenvalue weighted by Gasteiger charge is 2.12. The molecule has 3 rings (SSSR count). The van der Waals surface area contributed by atoms with Crippen molar-refractivity contribution >= 4 is 54.6 Å². The lowest BCUT2D eigenvalue weighted by atomic mass is 10.3. The van der Waals surface area contributed by atoms with E-state index >= 15 is 0 Å². The van der Waals surface area contributed by atoms with Crippen molar-refractivity contribution in [1.82, 2.24) is 9.97 Å². The first-order chi connectivity index (χ1) is 8.67. The molecule has 1 N–H and O–H groups in total. The summed E-state index contributed by atoms with van der Waals surface area (Å²) in [5.74, 6) is 1.67. The minimum absolute atomic E-state index is 0.782. The SMILES string of the molecule is CNc1nc(-c2cc(Br)cs2)nc2sc(C)cc12. The maximum Gasteiger partial charge on any atom is 0.173 e. The molecular formula is C12H10BrN3S2. The average molecular weight is 340 g/mol. The number of halogens is 1. The van der Waals surface area contributed by atoms with Gasteiger partial charge in [-0.15, -0.1) is 22.7 Å². The first-order valence-corrected chi connectivity index (χ1v) is 7.86. The quantitative estimate of drug-likeness (QED) is 0.745. The van der Waals surface area contributed by atoms with Crippen molar-refractivity contribution in [3.63, 3.8) is 0 Å². The van der Waals surface area contributed by atoms with Gasteiger partial charge in [-0.3, -0.25) is 0 Å². The zero-order valence-corrected chi connectivity index (χ0v) is 13.0. The highest BCUT2D eigenvalue weighted by molar-refractivity contribution is 9.10. The Morgan fingerprint density at radius 3 is 2.78 bits per heavy atom. The molecule has 0 aliphatic rings. The molecule has 0 fully saturated rings. The van der Waals surface area contributed by atoms with Gasteiger partial charge in [-0.2, -0.15) is 0 Å². The largest absolute Gasteiger partial charge is 0.372 e. The van der Waals surface area contributed by atoms with Crippen molar-refractivity contribution in [2.24, 2.45) is 0 Å². The lowest BCUT2D eigenvalue weighted by Crippen LogP contribution is -1.96. The molecule has 3 aromatic heterocycles. The van der Waals surface area contributed by atoms with Crippen molar-refractivity contribution in [2.75, 3.05) is 12.4 Å². The van der Waals surface area contributed by atoms with Gasteiger partial charge in [0.05, 0.1) is 10.3 Å². The van der Waals surface area contributed by atoms with Crippen LogP contribution in [-0.2, 0) is 0 Å². The van der Waals surface area contributed by atoms with Crippen molar-refractivity contribution < 1.29 is 0 Å². The number of nitrogens with one attached hydrogen (secondary N) is 1. The molecule has 0 radical (unpaired) electrons. The van der Waals surface area contributed by atoms with Gasteiger partial charge in [-0.05, 0) is 35.0 Å². The third-order valence-corrected chi connectivity index (χ3v) is 5.17. The van der Waals surface area contributed by atoms with Gasteiger partial charge in [0, 0.05) is 21.8 Å². The van der Waals surface area contributed by atoms with E-state index in [9.17, 15) is 0 Å². The molecule has 0 unspecified atom stereocenters. The van der Waals surface area contributed by atoms with E-state index in [1.807, 2.05) is 18.5 Å². The lowest BCUT2D eigenvalue weighted by Gasteiger charge is -2.03. The second-order valence-corrected chi connectivity index (χ2v) is 6.91. The minimum atomic E-state index is 0.782. The van der Waals surface area contributed by atoms with E-state index < -0.39 is 0 Å². The minimum Gasteiger partial charge on any atom is -0.372 e. The zero-order valence-electron chi connectivity index (χ0n) is 9.82. The van der Waals surface area contributed by atoms with Crippen LogP contribution in [0, 0.1) is 6.92 Å². The molecule has 0 saturated carbocycles. The first-order valence-electron chi connectivity index (χ1n) is 5.37. The molecular weight excluding hydrogens is 330 g/mol. The number of anilines is 1. The fraction of sp³-hybridized carbons (Fsp3) is 0.167. The molecule has 0 amide bonds. The fourth-order valence-corrected chi connectivity index (χ4v) is 4.01. The van der Waals surface area contributed by atoms with E-state index in [1.54, 1.807) is 22.7 Å². The molecule has 0 aliphatic heterocycles. The Kier molecular flexibility index (Phi) is 3.09. The number of rotatable bonds is 2. The van der Waals surface area contributed by atoms with E-state index in [0.29, 0.717) is 0 Å². The third kappa shape index (κ3) is 2.04. The molecule has 92 valence electrons. The summed E-state index contributed by atoms with van der Waals surface area (Å²) in [7, 11) is 1.89. The monoisotopic (exact) mass is 339 g/mol. The van der Waals surface area contributed by atoms with E-state index in [2.05, 4.69) is 44.2 Å². The highest BCUT2D eigenvalue weighted by Crippen LogP contribution is 2.33. The maximum atomic E-state index is 4.65. The van der Waals surface area contributed by atoms with Gasteiger partial charge in [0.2, 0.25) is 0 Å². The van der Waals surface area contributed by atoms with E-state index in [1.165, 1.54) is 4.88 Å². The molecule has 0 aliphatic carbocycles. The van der Waals surface area contributed by atoms with Gasteiger partial charge in [-0.1, -0.05) is 0 Å². The molecule has 3 heterocycles. The Morgan fingerprint density at radius 2 is 2.11 bits per heavy atom. The summed E-state index contributed by atoms with van der Waals surface area (Å²) in [6, 6.07) is 4.17. The number of aromatic nitrogens is 2. The summed E-state index contributed by atoms with van der Waals surface area (Å²) in [6.45, 7) is 2.09. The summed E-state index contributed by atoms with van der Waals surface area (Å²) >= 11 is 6.80. The number of hydrogen-bond acceptors (Lipinski definition) is 5. The van der Waals surface area contributed by atoms with Crippen molar-refractivity contribution in [3.05, 3.63) is 26.9 Å². The van der Waals surface area contributed by atoms with Crippen LogP contribution in [0.25, 0.3) is 20.9 Å². The number of nitrogens with zero attached hydrogens (tertiary/aromatic N) is 2. The standard InChI is InChI=1S/C12H10BrN3S2/c1-6-3-8-10(14-2)15-11(16-12(8)18-6)9-4-7(13)5-17-9/h3-5H,1-2H3,(H,14,15,16). The Balaban J connectivity index is 2.24. The smallest absolute Gasteiger partial charge is 0.173 e. The number of fused-ring (bicyclic) bond motifs is 1. The summed E-state index contributed by atoms with van der Waals surface area (Å²) in [5.41, 5.74) is 0. The van der Waals surface area contributed by atoms with E-state index in [-0.39, 0.29) is 0 Å². The molecule has 0 spiro atoms. The maximum absolute atomic E-state index is 4.65. The van der Waals surface area contributed by atoms with Crippen LogP contribution < -0.4 is 5.32 Å². The zero-order chi connectivity index (χ0) is 12.7. The molecule has 0 saturated heterocycles.